The Labute approximate surface area is 271 Å². The van der Waals surface area contributed by atoms with E-state index >= 15 is 4.39 Å². The summed E-state index contributed by atoms with van der Waals surface area (Å²) in [5.74, 6) is 0.499. The van der Waals surface area contributed by atoms with Crippen LogP contribution in [0, 0.1) is 5.82 Å². The summed E-state index contributed by atoms with van der Waals surface area (Å²) in [7, 11) is 3.38. The molecule has 0 aliphatic carbocycles. The van der Waals surface area contributed by atoms with Crippen LogP contribution < -0.4 is 19.9 Å². The van der Waals surface area contributed by atoms with Crippen molar-refractivity contribution in [3.63, 3.8) is 0 Å². The molecule has 0 saturated carbocycles. The Kier molecular flexibility index (Phi) is 9.63. The van der Waals surface area contributed by atoms with Gasteiger partial charge in [-0.15, -0.1) is 0 Å². The summed E-state index contributed by atoms with van der Waals surface area (Å²) in [6.07, 6.45) is 0.308. The largest absolute Gasteiger partial charge is 0.497 e. The van der Waals surface area contributed by atoms with Gasteiger partial charge in [-0.25, -0.2) is 14.2 Å². The molecule has 0 aliphatic rings. The van der Waals surface area contributed by atoms with Crippen LogP contribution in [0.1, 0.15) is 42.3 Å². The summed E-state index contributed by atoms with van der Waals surface area (Å²) in [5, 5.41) is 0.673. The normalized spacial score (nSPS) is 11.4. The molecule has 5 rings (SSSR count). The maximum absolute atomic E-state index is 15.0. The molecule has 1 aromatic heterocycles. The number of carbonyl (C=O) groups is 1. The fraction of sp³-hybridized carbons (Fsp3) is 0.250. The summed E-state index contributed by atoms with van der Waals surface area (Å²) < 4.78 is 31.9. The van der Waals surface area contributed by atoms with Crippen molar-refractivity contribution in [2.24, 2.45) is 0 Å². The lowest BCUT2D eigenvalue weighted by atomic mass is 10.0. The second-order valence-electron chi connectivity index (χ2n) is 11.8. The Morgan fingerprint density at radius 2 is 1.78 bits per heavy atom. The number of methoxy groups -OCH3 is 1. The molecule has 0 atom stereocenters. The molecule has 10 heteroatoms. The van der Waals surface area contributed by atoms with E-state index in [0.29, 0.717) is 40.4 Å². The molecule has 238 valence electrons. The van der Waals surface area contributed by atoms with Gasteiger partial charge in [0.1, 0.15) is 28.4 Å². The number of esters is 1. The average molecular weight is 644 g/mol. The fourth-order valence-corrected chi connectivity index (χ4v) is 5.18. The van der Waals surface area contributed by atoms with Crippen LogP contribution >= 0.6 is 11.6 Å². The molecule has 46 heavy (non-hydrogen) atoms. The first-order valence-corrected chi connectivity index (χ1v) is 15.1. The van der Waals surface area contributed by atoms with Gasteiger partial charge in [0, 0.05) is 30.6 Å². The molecule has 5 aromatic rings. The minimum atomic E-state index is -0.631. The van der Waals surface area contributed by atoms with Crippen LogP contribution in [0.4, 0.5) is 10.3 Å². The van der Waals surface area contributed by atoms with E-state index in [9.17, 15) is 9.59 Å². The second kappa shape index (κ2) is 13.6. The molecule has 0 amide bonds. The number of aromatic amines is 1. The maximum Gasteiger partial charge on any atom is 0.338 e. The number of H-pyrrole nitrogens is 1. The van der Waals surface area contributed by atoms with Gasteiger partial charge >= 0.3 is 5.97 Å². The van der Waals surface area contributed by atoms with E-state index < -0.39 is 22.9 Å². The van der Waals surface area contributed by atoms with Crippen molar-refractivity contribution in [2.45, 2.75) is 39.3 Å². The second-order valence-corrected chi connectivity index (χ2v) is 12.3. The Morgan fingerprint density at radius 3 is 2.50 bits per heavy atom. The summed E-state index contributed by atoms with van der Waals surface area (Å²) in [6.45, 7) is 6.06. The molecule has 0 radical (unpaired) electrons. The molecule has 1 heterocycles. The van der Waals surface area contributed by atoms with E-state index in [2.05, 4.69) is 9.97 Å². The van der Waals surface area contributed by atoms with Gasteiger partial charge < -0.3 is 19.1 Å². The minimum absolute atomic E-state index is 0.0102. The molecule has 4 aromatic carbocycles. The van der Waals surface area contributed by atoms with Crippen molar-refractivity contribution in [1.29, 1.82) is 0 Å². The van der Waals surface area contributed by atoms with Gasteiger partial charge in [0.25, 0.3) is 5.56 Å². The predicted molar refractivity (Wildman–Crippen MR) is 179 cm³/mol. The van der Waals surface area contributed by atoms with E-state index in [1.807, 2.05) is 51.1 Å². The number of fused-ring (bicyclic) bond motifs is 1. The number of hydrogen-bond acceptors (Lipinski definition) is 7. The number of nitrogens with zero attached hydrogens (tertiary/aromatic N) is 2. The van der Waals surface area contributed by atoms with Crippen molar-refractivity contribution >= 4 is 34.4 Å². The van der Waals surface area contributed by atoms with E-state index in [0.717, 1.165) is 16.9 Å². The first kappa shape index (κ1) is 32.5. The van der Waals surface area contributed by atoms with Crippen LogP contribution in [-0.4, -0.2) is 42.3 Å². The highest BCUT2D eigenvalue weighted by Crippen LogP contribution is 2.34. The van der Waals surface area contributed by atoms with Crippen molar-refractivity contribution in [1.82, 2.24) is 9.97 Å². The smallest absolute Gasteiger partial charge is 0.338 e. The Balaban J connectivity index is 1.36. The Bertz CT molecular complexity index is 1940. The van der Waals surface area contributed by atoms with E-state index in [4.69, 9.17) is 25.8 Å². The molecule has 0 saturated heterocycles. The predicted octanol–water partition coefficient (Wildman–Crippen LogP) is 7.60. The number of benzene rings is 4. The molecular weight excluding hydrogens is 609 g/mol. The lowest BCUT2D eigenvalue weighted by Gasteiger charge is -2.20. The molecule has 0 unspecified atom stereocenters. The SMILES string of the molecule is COc1ccc(CN(C)c2nc3c(F)ccc(CCOc4ccc(Cl)cc4-c4cccc(C(=O)OC(C)(C)C)c4)c3c(=O)[nH]2)cc1. The van der Waals surface area contributed by atoms with E-state index in [1.54, 1.807) is 61.5 Å². The molecule has 1 N–H and O–H groups in total. The van der Waals surface area contributed by atoms with Crippen molar-refractivity contribution in [3.8, 4) is 22.6 Å². The van der Waals surface area contributed by atoms with Crippen LogP contribution in [0.25, 0.3) is 22.0 Å². The van der Waals surface area contributed by atoms with Crippen molar-refractivity contribution < 1.29 is 23.4 Å². The average Bonchev–Trinajstić information content (AvgIpc) is 3.02. The third-order valence-corrected chi connectivity index (χ3v) is 7.44. The molecule has 0 bridgehead atoms. The quantitative estimate of drug-likeness (QED) is 0.157. The van der Waals surface area contributed by atoms with Crippen LogP contribution in [-0.2, 0) is 17.7 Å². The topological polar surface area (TPSA) is 93.8 Å². The number of aromatic nitrogens is 2. The number of hydrogen-bond donors (Lipinski definition) is 1. The van der Waals surface area contributed by atoms with Crippen LogP contribution in [0.5, 0.6) is 11.5 Å². The molecule has 0 spiro atoms. The number of halogens is 2. The van der Waals surface area contributed by atoms with E-state index in [1.165, 1.54) is 6.07 Å². The number of rotatable bonds is 10. The standard InChI is InChI=1S/C36H35ClFN3O5/c1-36(2,3)46-34(43)25-8-6-7-24(19-25)28-20-26(37)12-16-30(28)45-18-17-23-11-15-29(38)32-31(23)33(42)40-35(39-32)41(4)21-22-9-13-27(44-5)14-10-22/h6-16,19-20H,17-18,21H2,1-5H3,(H,39,40,42). The van der Waals surface area contributed by atoms with Crippen molar-refractivity contribution in [3.05, 3.63) is 117 Å². The number of carbonyl (C=O) groups excluding carboxylic acids is 1. The first-order valence-electron chi connectivity index (χ1n) is 14.7. The lowest BCUT2D eigenvalue weighted by molar-refractivity contribution is 0.00695. The third kappa shape index (κ3) is 7.66. The summed E-state index contributed by atoms with van der Waals surface area (Å²) >= 11 is 6.34. The zero-order valence-electron chi connectivity index (χ0n) is 26.3. The summed E-state index contributed by atoms with van der Waals surface area (Å²) in [4.78, 5) is 35.0. The van der Waals surface area contributed by atoms with Gasteiger partial charge in [0.2, 0.25) is 5.95 Å². The van der Waals surface area contributed by atoms with Gasteiger partial charge in [0.05, 0.1) is 24.7 Å². The van der Waals surface area contributed by atoms with Crippen LogP contribution in [0.3, 0.4) is 0 Å². The summed E-state index contributed by atoms with van der Waals surface area (Å²) in [6, 6.07) is 22.7. The highest BCUT2D eigenvalue weighted by Gasteiger charge is 2.19. The third-order valence-electron chi connectivity index (χ3n) is 7.20. The highest BCUT2D eigenvalue weighted by atomic mass is 35.5. The zero-order valence-corrected chi connectivity index (χ0v) is 27.1. The molecule has 0 aliphatic heterocycles. The van der Waals surface area contributed by atoms with Gasteiger partial charge in [-0.3, -0.25) is 9.78 Å². The number of nitrogens with one attached hydrogen (secondary N) is 1. The zero-order chi connectivity index (χ0) is 33.0. The number of anilines is 1. The first-order chi connectivity index (χ1) is 21.9. The monoisotopic (exact) mass is 643 g/mol. The van der Waals surface area contributed by atoms with Gasteiger partial charge in [-0.05, 0) is 86.0 Å². The summed E-state index contributed by atoms with van der Waals surface area (Å²) in [5.41, 5.74) is 2.29. The Hall–Kier alpha value is -4.89. The highest BCUT2D eigenvalue weighted by molar-refractivity contribution is 6.31. The van der Waals surface area contributed by atoms with Crippen molar-refractivity contribution in [2.75, 3.05) is 25.7 Å². The Morgan fingerprint density at radius 1 is 1.02 bits per heavy atom. The van der Waals surface area contributed by atoms with Crippen LogP contribution in [0.15, 0.2) is 83.7 Å². The molecular formula is C36H35ClFN3O5. The van der Waals surface area contributed by atoms with Crippen LogP contribution in [0.2, 0.25) is 5.02 Å². The maximum atomic E-state index is 15.0. The molecule has 8 nitrogen and oxygen atoms in total. The minimum Gasteiger partial charge on any atom is -0.497 e. The van der Waals surface area contributed by atoms with Gasteiger partial charge in [0.15, 0.2) is 0 Å². The van der Waals surface area contributed by atoms with E-state index in [-0.39, 0.29) is 23.5 Å². The number of ether oxygens (including phenoxy) is 3. The lowest BCUT2D eigenvalue weighted by Crippen LogP contribution is -2.23. The molecule has 0 fully saturated rings. The van der Waals surface area contributed by atoms with Gasteiger partial charge in [-0.1, -0.05) is 41.9 Å². The van der Waals surface area contributed by atoms with Gasteiger partial charge in [-0.2, -0.15) is 0 Å². The fourth-order valence-electron chi connectivity index (χ4n) is 5.01.